The number of hydrogen-bond donors (Lipinski definition) is 0. The molecule has 0 unspecified atom stereocenters. The van der Waals surface area contributed by atoms with E-state index in [-0.39, 0.29) is 0 Å². The van der Waals surface area contributed by atoms with Gasteiger partial charge < -0.3 is 4.57 Å². The molecule has 1 heterocycles. The van der Waals surface area contributed by atoms with Gasteiger partial charge >= 0.3 is 0 Å². The molecule has 116 valence electrons. The lowest BCUT2D eigenvalue weighted by molar-refractivity contribution is 0.953. The Morgan fingerprint density at radius 3 is 2.79 bits per heavy atom. The van der Waals surface area contributed by atoms with Crippen LogP contribution >= 0.6 is 0 Å². The van der Waals surface area contributed by atoms with Gasteiger partial charge in [-0.25, -0.2) is 0 Å². The standard InChI is InChI=1S/C23H19N/c1-4-20-22(18-12-7-5-6-10-16(18)2)23-19-13-9-8-11-17(19)14-15-21(23)24(20)3/h4-5,7-15H,1H2,2-3H3. The normalized spacial score (nSPS) is 13.9. The van der Waals surface area contributed by atoms with Crippen molar-refractivity contribution in [1.82, 2.24) is 4.57 Å². The number of aromatic nitrogens is 1. The van der Waals surface area contributed by atoms with E-state index in [9.17, 15) is 0 Å². The first-order valence-corrected chi connectivity index (χ1v) is 8.15. The third kappa shape index (κ3) is 2.03. The molecule has 0 bridgehead atoms. The zero-order chi connectivity index (χ0) is 16.7. The number of hydrogen-bond acceptors (Lipinski definition) is 0. The van der Waals surface area contributed by atoms with Crippen LogP contribution in [0.2, 0.25) is 0 Å². The van der Waals surface area contributed by atoms with Crippen LogP contribution in [0, 0.1) is 0 Å². The maximum atomic E-state index is 4.07. The fourth-order valence-corrected chi connectivity index (χ4v) is 3.60. The Hall–Kier alpha value is -3.02. The minimum Gasteiger partial charge on any atom is -0.344 e. The van der Waals surface area contributed by atoms with Gasteiger partial charge in [0.05, 0.1) is 0 Å². The molecule has 0 saturated heterocycles. The van der Waals surface area contributed by atoms with E-state index in [4.69, 9.17) is 0 Å². The van der Waals surface area contributed by atoms with Gasteiger partial charge in [-0.2, -0.15) is 0 Å². The molecule has 0 fully saturated rings. The van der Waals surface area contributed by atoms with Gasteiger partial charge in [0.1, 0.15) is 0 Å². The Labute approximate surface area is 142 Å². The second kappa shape index (κ2) is 5.56. The molecule has 0 atom stereocenters. The highest BCUT2D eigenvalue weighted by molar-refractivity contribution is 6.14. The van der Waals surface area contributed by atoms with E-state index in [0.29, 0.717) is 0 Å². The maximum Gasteiger partial charge on any atom is 0.0495 e. The lowest BCUT2D eigenvalue weighted by Crippen LogP contribution is -1.93. The molecule has 0 N–H and O–H groups in total. The minimum absolute atomic E-state index is 1.15. The largest absolute Gasteiger partial charge is 0.344 e. The van der Waals surface area contributed by atoms with Crippen molar-refractivity contribution in [2.45, 2.75) is 6.92 Å². The van der Waals surface area contributed by atoms with Gasteiger partial charge in [-0.15, -0.1) is 5.73 Å². The molecule has 1 aliphatic carbocycles. The molecule has 0 spiro atoms. The van der Waals surface area contributed by atoms with Crippen LogP contribution in [0.5, 0.6) is 0 Å². The van der Waals surface area contributed by atoms with E-state index < -0.39 is 0 Å². The van der Waals surface area contributed by atoms with Gasteiger partial charge in [0, 0.05) is 29.2 Å². The van der Waals surface area contributed by atoms with Crippen LogP contribution in [-0.2, 0) is 7.05 Å². The van der Waals surface area contributed by atoms with Crippen molar-refractivity contribution in [2.24, 2.45) is 7.05 Å². The smallest absolute Gasteiger partial charge is 0.0495 e. The Bertz CT molecular complexity index is 1110. The lowest BCUT2D eigenvalue weighted by Gasteiger charge is -2.08. The highest BCUT2D eigenvalue weighted by Crippen LogP contribution is 2.38. The molecule has 0 saturated carbocycles. The number of benzene rings is 2. The van der Waals surface area contributed by atoms with Gasteiger partial charge in [0.15, 0.2) is 0 Å². The van der Waals surface area contributed by atoms with Crippen molar-refractivity contribution in [3.8, 4) is 0 Å². The molecule has 1 nitrogen and oxygen atoms in total. The van der Waals surface area contributed by atoms with Crippen molar-refractivity contribution in [2.75, 3.05) is 0 Å². The summed E-state index contributed by atoms with van der Waals surface area (Å²) in [6, 6.07) is 13.0. The summed E-state index contributed by atoms with van der Waals surface area (Å²) in [6.45, 7) is 6.21. The molecular weight excluding hydrogens is 290 g/mol. The Morgan fingerprint density at radius 2 is 1.96 bits per heavy atom. The van der Waals surface area contributed by atoms with E-state index in [1.54, 1.807) is 0 Å². The Morgan fingerprint density at radius 1 is 1.12 bits per heavy atom. The summed E-state index contributed by atoms with van der Waals surface area (Å²) in [7, 11) is 2.11. The molecule has 4 rings (SSSR count). The monoisotopic (exact) mass is 309 g/mol. The second-order valence-electron chi connectivity index (χ2n) is 6.14. The molecule has 24 heavy (non-hydrogen) atoms. The lowest BCUT2D eigenvalue weighted by atomic mass is 9.94. The van der Waals surface area contributed by atoms with E-state index >= 15 is 0 Å². The van der Waals surface area contributed by atoms with Crippen molar-refractivity contribution >= 4 is 33.3 Å². The van der Waals surface area contributed by atoms with Crippen LogP contribution in [0.15, 0.2) is 78.6 Å². The second-order valence-corrected chi connectivity index (χ2v) is 6.14. The first-order chi connectivity index (χ1) is 11.7. The van der Waals surface area contributed by atoms with Crippen LogP contribution in [0.1, 0.15) is 18.2 Å². The van der Waals surface area contributed by atoms with Gasteiger partial charge in [-0.3, -0.25) is 0 Å². The summed E-state index contributed by atoms with van der Waals surface area (Å²) in [5.41, 5.74) is 9.27. The van der Waals surface area contributed by atoms with Crippen molar-refractivity contribution in [3.05, 3.63) is 89.8 Å². The summed E-state index contributed by atoms with van der Waals surface area (Å²) >= 11 is 0. The average molecular weight is 309 g/mol. The van der Waals surface area contributed by atoms with E-state index in [1.807, 2.05) is 18.2 Å². The van der Waals surface area contributed by atoms with Crippen LogP contribution in [0.25, 0.3) is 33.3 Å². The van der Waals surface area contributed by atoms with Gasteiger partial charge in [-0.05, 0) is 53.1 Å². The zero-order valence-electron chi connectivity index (χ0n) is 14.0. The predicted molar refractivity (Wildman–Crippen MR) is 105 cm³/mol. The third-order valence-corrected chi connectivity index (χ3v) is 4.78. The summed E-state index contributed by atoms with van der Waals surface area (Å²) in [5, 5.41) is 3.83. The van der Waals surface area contributed by atoms with E-state index in [2.05, 4.69) is 79.4 Å². The number of allylic oxidation sites excluding steroid dienone is 5. The number of aryl methyl sites for hydroxylation is 1. The fraction of sp³-hybridized carbons (Fsp3) is 0.0870. The third-order valence-electron chi connectivity index (χ3n) is 4.78. The summed E-state index contributed by atoms with van der Waals surface area (Å²) in [6.07, 6.45) is 10.2. The minimum atomic E-state index is 1.15. The van der Waals surface area contributed by atoms with Crippen LogP contribution < -0.4 is 0 Å². The van der Waals surface area contributed by atoms with Crippen LogP contribution in [-0.4, -0.2) is 4.57 Å². The summed E-state index contributed by atoms with van der Waals surface area (Å²) < 4.78 is 2.24. The zero-order valence-corrected chi connectivity index (χ0v) is 14.0. The molecular formula is C23H19N. The molecule has 3 aromatic rings. The average Bonchev–Trinajstić information content (AvgIpc) is 2.74. The molecule has 0 aliphatic heterocycles. The van der Waals surface area contributed by atoms with E-state index in [0.717, 1.165) is 5.69 Å². The van der Waals surface area contributed by atoms with E-state index in [1.165, 1.54) is 38.4 Å². The van der Waals surface area contributed by atoms with Crippen molar-refractivity contribution in [1.29, 1.82) is 0 Å². The van der Waals surface area contributed by atoms with Gasteiger partial charge in [0.25, 0.3) is 0 Å². The number of nitrogens with zero attached hydrogens (tertiary/aromatic N) is 1. The van der Waals surface area contributed by atoms with Crippen molar-refractivity contribution in [3.63, 3.8) is 0 Å². The number of fused-ring (bicyclic) bond motifs is 3. The molecule has 1 aliphatic rings. The van der Waals surface area contributed by atoms with Gasteiger partial charge in [0.2, 0.25) is 0 Å². The molecule has 2 aromatic carbocycles. The SMILES string of the molecule is C=Cc1c(C2=C(C)C=C=CC=C2)c2c3ccccc3ccc2n1C. The topological polar surface area (TPSA) is 4.93 Å². The highest BCUT2D eigenvalue weighted by Gasteiger charge is 2.18. The summed E-state index contributed by atoms with van der Waals surface area (Å²) in [4.78, 5) is 0. The maximum absolute atomic E-state index is 4.07. The van der Waals surface area contributed by atoms with Crippen LogP contribution in [0.3, 0.4) is 0 Å². The van der Waals surface area contributed by atoms with Crippen molar-refractivity contribution < 1.29 is 0 Å². The molecule has 0 amide bonds. The molecule has 0 radical (unpaired) electrons. The molecule has 1 heteroatoms. The first-order valence-electron chi connectivity index (χ1n) is 8.15. The number of rotatable bonds is 2. The van der Waals surface area contributed by atoms with Gasteiger partial charge in [-0.1, -0.05) is 49.1 Å². The summed E-state index contributed by atoms with van der Waals surface area (Å²) in [5.74, 6) is 0. The quantitative estimate of drug-likeness (QED) is 0.509. The van der Waals surface area contributed by atoms with Crippen LogP contribution in [0.4, 0.5) is 0 Å². The highest BCUT2D eigenvalue weighted by atomic mass is 14.9. The first kappa shape index (κ1) is 14.6. The Kier molecular flexibility index (Phi) is 3.37. The Balaban J connectivity index is 2.24. The fourth-order valence-electron chi connectivity index (χ4n) is 3.60. The molecule has 1 aromatic heterocycles. The predicted octanol–water partition coefficient (Wildman–Crippen LogP) is 6.03.